The summed E-state index contributed by atoms with van der Waals surface area (Å²) in [4.78, 5) is 23.8. The van der Waals surface area contributed by atoms with Crippen LogP contribution in [0.15, 0.2) is 16.9 Å². The molecule has 1 atom stereocenters. The molecule has 0 radical (unpaired) electrons. The number of carbonyl (C=O) groups is 1. The SMILES string of the molecule is CC(=O)Oc1cc(-n2nc3n(c2=O)CCCC3Br)c(Cl)cc1Cl. The molecule has 0 spiro atoms. The zero-order chi connectivity index (χ0) is 16.7. The molecule has 0 amide bonds. The summed E-state index contributed by atoms with van der Waals surface area (Å²) in [5.74, 6) is 0.269. The summed E-state index contributed by atoms with van der Waals surface area (Å²) in [5, 5.41) is 4.79. The Hall–Kier alpha value is -1.31. The van der Waals surface area contributed by atoms with Crippen LogP contribution in [0.4, 0.5) is 0 Å². The van der Waals surface area contributed by atoms with E-state index in [4.69, 9.17) is 27.9 Å². The van der Waals surface area contributed by atoms with Crippen LogP contribution in [0.2, 0.25) is 10.0 Å². The molecular formula is C14H12BrCl2N3O3. The van der Waals surface area contributed by atoms with Crippen LogP contribution in [0.5, 0.6) is 5.75 Å². The number of benzene rings is 1. The van der Waals surface area contributed by atoms with Crippen molar-refractivity contribution in [2.45, 2.75) is 31.1 Å². The van der Waals surface area contributed by atoms with Crippen LogP contribution in [-0.2, 0) is 11.3 Å². The number of aromatic nitrogens is 3. The van der Waals surface area contributed by atoms with Gasteiger partial charge in [0.25, 0.3) is 0 Å². The Morgan fingerprint density at radius 1 is 1.39 bits per heavy atom. The van der Waals surface area contributed by atoms with Gasteiger partial charge in [-0.25, -0.2) is 4.79 Å². The number of nitrogens with zero attached hydrogens (tertiary/aromatic N) is 3. The number of halogens is 3. The van der Waals surface area contributed by atoms with Crippen molar-refractivity contribution in [1.29, 1.82) is 0 Å². The molecule has 0 N–H and O–H groups in total. The maximum absolute atomic E-state index is 12.6. The van der Waals surface area contributed by atoms with Gasteiger partial charge in [0.15, 0.2) is 5.75 Å². The van der Waals surface area contributed by atoms with Gasteiger partial charge in [-0.2, -0.15) is 4.68 Å². The van der Waals surface area contributed by atoms with Crippen molar-refractivity contribution >= 4 is 45.1 Å². The molecule has 1 aliphatic rings. The van der Waals surface area contributed by atoms with Gasteiger partial charge in [0, 0.05) is 19.5 Å². The van der Waals surface area contributed by atoms with Crippen LogP contribution in [0.25, 0.3) is 5.69 Å². The van der Waals surface area contributed by atoms with Gasteiger partial charge >= 0.3 is 11.7 Å². The predicted molar refractivity (Wildman–Crippen MR) is 90.1 cm³/mol. The number of ether oxygens (including phenoxy) is 1. The predicted octanol–water partition coefficient (Wildman–Crippen LogP) is 3.50. The van der Waals surface area contributed by atoms with Crippen molar-refractivity contribution in [3.8, 4) is 11.4 Å². The van der Waals surface area contributed by atoms with Crippen LogP contribution in [0, 0.1) is 0 Å². The van der Waals surface area contributed by atoms with Gasteiger partial charge in [-0.1, -0.05) is 39.1 Å². The first kappa shape index (κ1) is 16.5. The van der Waals surface area contributed by atoms with Crippen molar-refractivity contribution in [3.05, 3.63) is 38.5 Å². The molecule has 2 heterocycles. The maximum Gasteiger partial charge on any atom is 0.350 e. The first-order chi connectivity index (χ1) is 10.9. The largest absolute Gasteiger partial charge is 0.425 e. The third kappa shape index (κ3) is 3.05. The van der Waals surface area contributed by atoms with Crippen molar-refractivity contribution in [1.82, 2.24) is 14.3 Å². The lowest BCUT2D eigenvalue weighted by Crippen LogP contribution is -2.26. The van der Waals surface area contributed by atoms with E-state index in [1.54, 1.807) is 4.57 Å². The van der Waals surface area contributed by atoms with Crippen molar-refractivity contribution in [2.24, 2.45) is 0 Å². The zero-order valence-electron chi connectivity index (χ0n) is 12.1. The smallest absolute Gasteiger partial charge is 0.350 e. The molecule has 23 heavy (non-hydrogen) atoms. The van der Waals surface area contributed by atoms with Crippen LogP contribution >= 0.6 is 39.1 Å². The second-order valence-electron chi connectivity index (χ2n) is 5.14. The molecule has 0 fully saturated rings. The lowest BCUT2D eigenvalue weighted by Gasteiger charge is -2.15. The summed E-state index contributed by atoms with van der Waals surface area (Å²) < 4.78 is 7.86. The minimum atomic E-state index is -0.517. The van der Waals surface area contributed by atoms with Gasteiger partial charge in [0.05, 0.1) is 20.6 Å². The Kier molecular flexibility index (Phi) is 4.53. The Bertz CT molecular complexity index is 847. The number of carbonyl (C=O) groups excluding carboxylic acids is 1. The van der Waals surface area contributed by atoms with Crippen LogP contribution in [0.1, 0.15) is 30.4 Å². The van der Waals surface area contributed by atoms with E-state index in [-0.39, 0.29) is 26.3 Å². The molecule has 1 aliphatic heterocycles. The summed E-state index contributed by atoms with van der Waals surface area (Å²) >= 11 is 15.7. The molecule has 1 aromatic heterocycles. The lowest BCUT2D eigenvalue weighted by atomic mass is 10.2. The van der Waals surface area contributed by atoms with Gasteiger partial charge in [0.1, 0.15) is 5.82 Å². The molecule has 1 aromatic carbocycles. The first-order valence-electron chi connectivity index (χ1n) is 6.90. The van der Waals surface area contributed by atoms with E-state index in [1.165, 1.54) is 23.7 Å². The normalized spacial score (nSPS) is 17.0. The van der Waals surface area contributed by atoms with Crippen molar-refractivity contribution in [3.63, 3.8) is 0 Å². The highest BCUT2D eigenvalue weighted by molar-refractivity contribution is 9.09. The Balaban J connectivity index is 2.16. The standard InChI is InChI=1S/C14H12BrCl2N3O3/c1-7(21)23-12-6-11(9(16)5-10(12)17)20-14(22)19-4-2-3-8(15)13(19)18-20/h5-6,8H,2-4H2,1H3. The number of esters is 1. The molecule has 9 heteroatoms. The van der Waals surface area contributed by atoms with E-state index < -0.39 is 5.97 Å². The monoisotopic (exact) mass is 419 g/mol. The molecule has 0 aliphatic carbocycles. The molecule has 0 bridgehead atoms. The average molecular weight is 421 g/mol. The fourth-order valence-corrected chi connectivity index (χ4v) is 3.65. The number of alkyl halides is 1. The highest BCUT2D eigenvalue weighted by atomic mass is 79.9. The van der Waals surface area contributed by atoms with E-state index in [2.05, 4.69) is 21.0 Å². The summed E-state index contributed by atoms with van der Waals surface area (Å²) in [6, 6.07) is 2.86. The second kappa shape index (κ2) is 6.30. The molecule has 0 saturated heterocycles. The van der Waals surface area contributed by atoms with E-state index in [0.717, 1.165) is 12.8 Å². The zero-order valence-corrected chi connectivity index (χ0v) is 15.2. The fourth-order valence-electron chi connectivity index (χ4n) is 2.48. The third-order valence-corrected chi connectivity index (χ3v) is 4.96. The van der Waals surface area contributed by atoms with E-state index in [9.17, 15) is 9.59 Å². The van der Waals surface area contributed by atoms with Gasteiger partial charge in [0.2, 0.25) is 0 Å². The average Bonchev–Trinajstić information content (AvgIpc) is 2.80. The summed E-state index contributed by atoms with van der Waals surface area (Å²) in [6.45, 7) is 1.87. The molecule has 3 rings (SSSR count). The Labute approximate surface area is 150 Å². The summed E-state index contributed by atoms with van der Waals surface area (Å²) in [7, 11) is 0. The molecule has 1 unspecified atom stereocenters. The fraction of sp³-hybridized carbons (Fsp3) is 0.357. The van der Waals surface area contributed by atoms with Crippen molar-refractivity contribution < 1.29 is 9.53 Å². The first-order valence-corrected chi connectivity index (χ1v) is 8.57. The summed E-state index contributed by atoms with van der Waals surface area (Å²) in [5.41, 5.74) is 0.0288. The van der Waals surface area contributed by atoms with Gasteiger partial charge < -0.3 is 4.74 Å². The van der Waals surface area contributed by atoms with Crippen LogP contribution in [0.3, 0.4) is 0 Å². The Morgan fingerprint density at radius 2 is 2.13 bits per heavy atom. The molecular weight excluding hydrogens is 409 g/mol. The molecule has 122 valence electrons. The Morgan fingerprint density at radius 3 is 2.78 bits per heavy atom. The van der Waals surface area contributed by atoms with Gasteiger partial charge in [-0.3, -0.25) is 9.36 Å². The summed E-state index contributed by atoms with van der Waals surface area (Å²) in [6.07, 6.45) is 1.80. The number of hydrogen-bond acceptors (Lipinski definition) is 4. The van der Waals surface area contributed by atoms with Gasteiger partial charge in [-0.15, -0.1) is 5.10 Å². The van der Waals surface area contributed by atoms with Gasteiger partial charge in [-0.05, 0) is 18.9 Å². The van der Waals surface area contributed by atoms with E-state index >= 15 is 0 Å². The number of rotatable bonds is 2. The maximum atomic E-state index is 12.6. The molecule has 6 nitrogen and oxygen atoms in total. The quantitative estimate of drug-likeness (QED) is 0.423. The molecule has 0 saturated carbocycles. The number of fused-ring (bicyclic) bond motifs is 1. The molecule has 2 aromatic rings. The highest BCUT2D eigenvalue weighted by Crippen LogP contribution is 2.34. The van der Waals surface area contributed by atoms with Crippen molar-refractivity contribution in [2.75, 3.05) is 0 Å². The lowest BCUT2D eigenvalue weighted by molar-refractivity contribution is -0.131. The second-order valence-corrected chi connectivity index (χ2v) is 7.06. The van der Waals surface area contributed by atoms with Crippen LogP contribution < -0.4 is 10.4 Å². The van der Waals surface area contributed by atoms with E-state index in [0.29, 0.717) is 18.1 Å². The minimum Gasteiger partial charge on any atom is -0.425 e. The topological polar surface area (TPSA) is 66.1 Å². The van der Waals surface area contributed by atoms with Crippen LogP contribution in [-0.4, -0.2) is 20.3 Å². The highest BCUT2D eigenvalue weighted by Gasteiger charge is 2.25. The number of hydrogen-bond donors (Lipinski definition) is 0. The van der Waals surface area contributed by atoms with E-state index in [1.807, 2.05) is 0 Å². The third-order valence-electron chi connectivity index (χ3n) is 3.49. The minimum absolute atomic E-state index is 0.0178.